The SMILES string of the molecule is OC1(S)c2cccnc2-c2ncc(-c3cccc4ccccc34)c(-c3cccc4ccccc34)c21. The van der Waals surface area contributed by atoms with Crippen LogP contribution in [0, 0.1) is 0 Å². The van der Waals surface area contributed by atoms with Crippen LogP contribution < -0.4 is 0 Å². The first-order valence-corrected chi connectivity index (χ1v) is 12.0. The Hall–Kier alpha value is -3.99. The number of rotatable bonds is 2. The van der Waals surface area contributed by atoms with Gasteiger partial charge in [-0.15, -0.1) is 12.6 Å². The molecule has 0 amide bonds. The van der Waals surface area contributed by atoms with Crippen molar-refractivity contribution >= 4 is 34.2 Å². The summed E-state index contributed by atoms with van der Waals surface area (Å²) in [5.74, 6) is 0. The first-order valence-electron chi connectivity index (χ1n) is 11.5. The van der Waals surface area contributed by atoms with Crippen LogP contribution in [0.3, 0.4) is 0 Å². The molecule has 4 aromatic carbocycles. The van der Waals surface area contributed by atoms with Gasteiger partial charge in [-0.2, -0.15) is 0 Å². The Morgan fingerprint density at radius 2 is 1.23 bits per heavy atom. The molecule has 0 spiro atoms. The molecular formula is C31H20N2OS. The Morgan fingerprint density at radius 3 is 1.97 bits per heavy atom. The molecule has 1 aliphatic carbocycles. The van der Waals surface area contributed by atoms with Gasteiger partial charge in [-0.25, -0.2) is 0 Å². The van der Waals surface area contributed by atoms with Gasteiger partial charge >= 0.3 is 0 Å². The lowest BCUT2D eigenvalue weighted by Crippen LogP contribution is -2.18. The van der Waals surface area contributed by atoms with E-state index >= 15 is 0 Å². The number of nitrogens with zero attached hydrogens (tertiary/aromatic N) is 2. The summed E-state index contributed by atoms with van der Waals surface area (Å²) in [7, 11) is 0. The first-order chi connectivity index (χ1) is 17.1. The molecule has 1 N–H and O–H groups in total. The smallest absolute Gasteiger partial charge is 0.163 e. The predicted molar refractivity (Wildman–Crippen MR) is 145 cm³/mol. The summed E-state index contributed by atoms with van der Waals surface area (Å²) >= 11 is 4.83. The summed E-state index contributed by atoms with van der Waals surface area (Å²) in [6, 6.07) is 33.0. The van der Waals surface area contributed by atoms with E-state index in [0.717, 1.165) is 43.8 Å². The van der Waals surface area contributed by atoms with E-state index < -0.39 is 4.93 Å². The van der Waals surface area contributed by atoms with E-state index in [1.807, 2.05) is 36.5 Å². The maximum Gasteiger partial charge on any atom is 0.163 e. The van der Waals surface area contributed by atoms with Crippen LogP contribution >= 0.6 is 12.6 Å². The molecule has 6 aromatic rings. The van der Waals surface area contributed by atoms with E-state index in [9.17, 15) is 5.11 Å². The average molecular weight is 469 g/mol. The molecule has 0 fully saturated rings. The Morgan fingerprint density at radius 1 is 0.600 bits per heavy atom. The summed E-state index contributed by atoms with van der Waals surface area (Å²) in [4.78, 5) is 7.92. The van der Waals surface area contributed by atoms with Crippen LogP contribution in [0.2, 0.25) is 0 Å². The van der Waals surface area contributed by atoms with Crippen molar-refractivity contribution in [2.75, 3.05) is 0 Å². The first kappa shape index (κ1) is 20.4. The highest BCUT2D eigenvalue weighted by molar-refractivity contribution is 7.81. The fraction of sp³-hybridized carbons (Fsp3) is 0.0323. The van der Waals surface area contributed by atoms with Crippen LogP contribution in [0.25, 0.3) is 55.2 Å². The van der Waals surface area contributed by atoms with Gasteiger partial charge in [0.2, 0.25) is 0 Å². The lowest BCUT2D eigenvalue weighted by atomic mass is 9.86. The molecule has 2 aromatic heterocycles. The fourth-order valence-corrected chi connectivity index (χ4v) is 5.83. The Balaban J connectivity index is 1.67. The minimum Gasteiger partial charge on any atom is -0.371 e. The van der Waals surface area contributed by atoms with Crippen molar-refractivity contribution in [1.29, 1.82) is 0 Å². The highest BCUT2D eigenvalue weighted by Gasteiger charge is 2.44. The highest BCUT2D eigenvalue weighted by atomic mass is 32.1. The number of hydrogen-bond donors (Lipinski definition) is 2. The number of benzene rings is 4. The lowest BCUT2D eigenvalue weighted by molar-refractivity contribution is 0.189. The normalized spacial score (nSPS) is 16.4. The number of aliphatic hydroxyl groups is 1. The van der Waals surface area contributed by atoms with Gasteiger partial charge in [0.05, 0.1) is 11.4 Å². The van der Waals surface area contributed by atoms with Gasteiger partial charge in [-0.1, -0.05) is 91.0 Å². The predicted octanol–water partition coefficient (Wildman–Crippen LogP) is 7.22. The zero-order chi connectivity index (χ0) is 23.6. The minimum absolute atomic E-state index is 0.655. The van der Waals surface area contributed by atoms with Crippen molar-refractivity contribution in [2.24, 2.45) is 0 Å². The molecule has 1 aliphatic rings. The average Bonchev–Trinajstić information content (AvgIpc) is 3.14. The van der Waals surface area contributed by atoms with Gasteiger partial charge in [-0.05, 0) is 38.7 Å². The summed E-state index contributed by atoms with van der Waals surface area (Å²) in [6.45, 7) is 0. The molecule has 35 heavy (non-hydrogen) atoms. The van der Waals surface area contributed by atoms with Crippen molar-refractivity contribution in [3.63, 3.8) is 0 Å². The molecule has 0 radical (unpaired) electrons. The van der Waals surface area contributed by atoms with E-state index in [2.05, 4.69) is 71.7 Å². The standard InChI is InChI=1S/C31H20N2OS/c34-31(35)26-16-7-17-32-29(26)30-28(31)27(24-15-6-11-20-9-2-4-13-22(20)24)25(18-33-30)23-14-5-10-19-8-1-3-12-21(19)23/h1-18,34-35H. The van der Waals surface area contributed by atoms with E-state index in [0.29, 0.717) is 22.5 Å². The van der Waals surface area contributed by atoms with E-state index in [4.69, 9.17) is 17.6 Å². The second kappa shape index (κ2) is 7.51. The van der Waals surface area contributed by atoms with Gasteiger partial charge in [0.25, 0.3) is 0 Å². The number of pyridine rings is 2. The molecule has 0 bridgehead atoms. The minimum atomic E-state index is -1.53. The molecular weight excluding hydrogens is 448 g/mol. The van der Waals surface area contributed by atoms with Crippen molar-refractivity contribution in [3.05, 3.63) is 121 Å². The molecule has 7 rings (SSSR count). The van der Waals surface area contributed by atoms with Crippen molar-refractivity contribution in [3.8, 4) is 33.6 Å². The molecule has 0 aliphatic heterocycles. The van der Waals surface area contributed by atoms with Gasteiger partial charge < -0.3 is 5.11 Å². The number of fused-ring (bicyclic) bond motifs is 5. The van der Waals surface area contributed by atoms with Crippen molar-refractivity contribution < 1.29 is 5.11 Å². The monoisotopic (exact) mass is 468 g/mol. The van der Waals surface area contributed by atoms with Crippen molar-refractivity contribution in [2.45, 2.75) is 4.93 Å². The summed E-state index contributed by atoms with van der Waals surface area (Å²) in [5.41, 5.74) is 6.66. The summed E-state index contributed by atoms with van der Waals surface area (Å²) in [6.07, 6.45) is 3.65. The lowest BCUT2D eigenvalue weighted by Gasteiger charge is -2.24. The largest absolute Gasteiger partial charge is 0.371 e. The molecule has 3 nitrogen and oxygen atoms in total. The molecule has 0 saturated carbocycles. The quantitative estimate of drug-likeness (QED) is 0.208. The highest BCUT2D eigenvalue weighted by Crippen LogP contribution is 2.54. The van der Waals surface area contributed by atoms with E-state index in [-0.39, 0.29) is 0 Å². The summed E-state index contributed by atoms with van der Waals surface area (Å²) in [5, 5.41) is 16.4. The van der Waals surface area contributed by atoms with Crippen LogP contribution in [0.4, 0.5) is 0 Å². The van der Waals surface area contributed by atoms with Gasteiger partial charge in [-0.3, -0.25) is 9.97 Å². The fourth-order valence-electron chi connectivity index (χ4n) is 5.43. The van der Waals surface area contributed by atoms with E-state index in [1.165, 1.54) is 0 Å². The zero-order valence-corrected chi connectivity index (χ0v) is 19.6. The molecule has 4 heteroatoms. The van der Waals surface area contributed by atoms with Crippen LogP contribution in [-0.2, 0) is 4.93 Å². The second-order valence-corrected chi connectivity index (χ2v) is 9.54. The Bertz CT molecular complexity index is 1780. The third-order valence-corrected chi connectivity index (χ3v) is 7.44. The molecule has 2 heterocycles. The van der Waals surface area contributed by atoms with Crippen LogP contribution in [0.15, 0.2) is 109 Å². The van der Waals surface area contributed by atoms with Gasteiger partial charge in [0.1, 0.15) is 0 Å². The number of hydrogen-bond acceptors (Lipinski definition) is 4. The maximum atomic E-state index is 11.9. The third-order valence-electron chi connectivity index (χ3n) is 6.97. The van der Waals surface area contributed by atoms with E-state index in [1.54, 1.807) is 6.20 Å². The maximum absolute atomic E-state index is 11.9. The number of aromatic nitrogens is 2. The topological polar surface area (TPSA) is 46.0 Å². The summed E-state index contributed by atoms with van der Waals surface area (Å²) < 4.78 is 0. The van der Waals surface area contributed by atoms with Gasteiger partial charge in [0, 0.05) is 34.6 Å². The number of thiol groups is 1. The zero-order valence-electron chi connectivity index (χ0n) is 18.7. The Labute approximate surface area is 208 Å². The molecule has 0 saturated heterocycles. The Kier molecular flexibility index (Phi) is 4.37. The molecule has 1 unspecified atom stereocenters. The van der Waals surface area contributed by atoms with Crippen molar-refractivity contribution in [1.82, 2.24) is 9.97 Å². The van der Waals surface area contributed by atoms with Crippen LogP contribution in [0.1, 0.15) is 11.1 Å². The van der Waals surface area contributed by atoms with Crippen LogP contribution in [0.5, 0.6) is 0 Å². The van der Waals surface area contributed by atoms with Crippen LogP contribution in [-0.4, -0.2) is 15.1 Å². The molecule has 1 atom stereocenters. The molecule has 166 valence electrons. The third kappa shape index (κ3) is 2.91. The second-order valence-electron chi connectivity index (χ2n) is 8.90. The van der Waals surface area contributed by atoms with Gasteiger partial charge in [0.15, 0.2) is 4.93 Å².